The molecule has 1 N–H and O–H groups in total. The molecule has 2 aliphatic carbocycles. The SMILES string of the molecule is CCCNCc1ccccc1CN(CC1CC1)CC1CC1. The first kappa shape index (κ1) is 15.1. The number of hydrogen-bond acceptors (Lipinski definition) is 2. The van der Waals surface area contributed by atoms with Crippen molar-refractivity contribution >= 4 is 0 Å². The molecular weight excluding hydrogens is 256 g/mol. The van der Waals surface area contributed by atoms with Gasteiger partial charge in [0.1, 0.15) is 0 Å². The molecule has 0 radical (unpaired) electrons. The second kappa shape index (κ2) is 7.42. The van der Waals surface area contributed by atoms with E-state index in [4.69, 9.17) is 0 Å². The van der Waals surface area contributed by atoms with Gasteiger partial charge >= 0.3 is 0 Å². The first-order valence-electron chi connectivity index (χ1n) is 8.85. The van der Waals surface area contributed by atoms with Crippen molar-refractivity contribution < 1.29 is 0 Å². The van der Waals surface area contributed by atoms with Gasteiger partial charge in [0.15, 0.2) is 0 Å². The summed E-state index contributed by atoms with van der Waals surface area (Å²) in [4.78, 5) is 2.73. The van der Waals surface area contributed by atoms with Crippen molar-refractivity contribution in [3.05, 3.63) is 35.4 Å². The highest BCUT2D eigenvalue weighted by Crippen LogP contribution is 2.34. The lowest BCUT2D eigenvalue weighted by molar-refractivity contribution is 0.243. The van der Waals surface area contributed by atoms with Gasteiger partial charge in [-0.15, -0.1) is 0 Å². The Morgan fingerprint density at radius 3 is 2.19 bits per heavy atom. The van der Waals surface area contributed by atoms with Crippen LogP contribution in [0.15, 0.2) is 24.3 Å². The number of hydrogen-bond donors (Lipinski definition) is 1. The number of nitrogens with zero attached hydrogens (tertiary/aromatic N) is 1. The van der Waals surface area contributed by atoms with E-state index in [1.54, 1.807) is 0 Å². The molecule has 0 bridgehead atoms. The van der Waals surface area contributed by atoms with Crippen LogP contribution in [0, 0.1) is 11.8 Å². The van der Waals surface area contributed by atoms with E-state index in [1.165, 1.54) is 56.3 Å². The van der Waals surface area contributed by atoms with Crippen LogP contribution in [-0.2, 0) is 13.1 Å². The molecule has 116 valence electrons. The van der Waals surface area contributed by atoms with Crippen LogP contribution in [-0.4, -0.2) is 24.5 Å². The van der Waals surface area contributed by atoms with Gasteiger partial charge in [0.05, 0.1) is 0 Å². The van der Waals surface area contributed by atoms with Gasteiger partial charge in [-0.2, -0.15) is 0 Å². The van der Waals surface area contributed by atoms with E-state index in [1.807, 2.05) is 0 Å². The number of nitrogens with one attached hydrogen (secondary N) is 1. The zero-order valence-electron chi connectivity index (χ0n) is 13.5. The molecule has 1 aromatic carbocycles. The molecule has 2 heteroatoms. The van der Waals surface area contributed by atoms with Crippen molar-refractivity contribution in [3.8, 4) is 0 Å². The van der Waals surface area contributed by atoms with Crippen LogP contribution in [0.2, 0.25) is 0 Å². The highest BCUT2D eigenvalue weighted by Gasteiger charge is 2.29. The highest BCUT2D eigenvalue weighted by atomic mass is 15.1. The maximum absolute atomic E-state index is 3.55. The van der Waals surface area contributed by atoms with Gasteiger partial charge in [0, 0.05) is 26.2 Å². The number of rotatable bonds is 10. The predicted octanol–water partition coefficient (Wildman–Crippen LogP) is 3.81. The lowest BCUT2D eigenvalue weighted by atomic mass is 10.1. The fourth-order valence-corrected chi connectivity index (χ4v) is 3.06. The van der Waals surface area contributed by atoms with Crippen molar-refractivity contribution in [2.45, 2.75) is 52.1 Å². The Labute approximate surface area is 129 Å². The van der Waals surface area contributed by atoms with Crippen molar-refractivity contribution in [2.24, 2.45) is 11.8 Å². The molecule has 0 aromatic heterocycles. The summed E-state index contributed by atoms with van der Waals surface area (Å²) in [6, 6.07) is 9.00. The Bertz CT molecular complexity index is 421. The summed E-state index contributed by atoms with van der Waals surface area (Å²) in [6.07, 6.45) is 7.04. The molecular formula is C19H30N2. The summed E-state index contributed by atoms with van der Waals surface area (Å²) in [5, 5.41) is 3.55. The molecule has 1 aromatic rings. The lowest BCUT2D eigenvalue weighted by Gasteiger charge is -2.23. The van der Waals surface area contributed by atoms with Gasteiger partial charge in [0.25, 0.3) is 0 Å². The zero-order valence-corrected chi connectivity index (χ0v) is 13.5. The van der Waals surface area contributed by atoms with Gasteiger partial charge in [-0.1, -0.05) is 31.2 Å². The van der Waals surface area contributed by atoms with Crippen molar-refractivity contribution in [1.29, 1.82) is 0 Å². The Morgan fingerprint density at radius 2 is 1.62 bits per heavy atom. The average molecular weight is 286 g/mol. The second-order valence-corrected chi connectivity index (χ2v) is 7.03. The van der Waals surface area contributed by atoms with E-state index in [0.29, 0.717) is 0 Å². The zero-order chi connectivity index (χ0) is 14.5. The maximum atomic E-state index is 3.55. The molecule has 0 atom stereocenters. The molecule has 0 heterocycles. The molecule has 0 amide bonds. The normalized spacial score (nSPS) is 18.4. The third-order valence-electron chi connectivity index (χ3n) is 4.68. The molecule has 2 nitrogen and oxygen atoms in total. The Morgan fingerprint density at radius 1 is 1.00 bits per heavy atom. The fraction of sp³-hybridized carbons (Fsp3) is 0.684. The van der Waals surface area contributed by atoms with Gasteiger partial charge < -0.3 is 5.32 Å². The Kier molecular flexibility index (Phi) is 5.32. The standard InChI is InChI=1S/C19H30N2/c1-2-11-20-12-18-5-3-4-6-19(18)15-21(13-16-7-8-16)14-17-9-10-17/h3-6,16-17,20H,2,7-15H2,1H3. The molecule has 0 unspecified atom stereocenters. The van der Waals surface area contributed by atoms with Crippen LogP contribution in [0.5, 0.6) is 0 Å². The van der Waals surface area contributed by atoms with Gasteiger partial charge in [0.2, 0.25) is 0 Å². The summed E-state index contributed by atoms with van der Waals surface area (Å²) >= 11 is 0. The Balaban J connectivity index is 1.59. The third-order valence-corrected chi connectivity index (χ3v) is 4.68. The average Bonchev–Trinajstić information content (AvgIpc) is 3.37. The second-order valence-electron chi connectivity index (χ2n) is 7.03. The van der Waals surface area contributed by atoms with Gasteiger partial charge in [-0.3, -0.25) is 4.90 Å². The van der Waals surface area contributed by atoms with E-state index < -0.39 is 0 Å². The summed E-state index contributed by atoms with van der Waals surface area (Å²) < 4.78 is 0. The van der Waals surface area contributed by atoms with Crippen LogP contribution in [0.1, 0.15) is 50.2 Å². The number of benzene rings is 1. The predicted molar refractivity (Wildman–Crippen MR) is 89.2 cm³/mol. The van der Waals surface area contributed by atoms with Crippen molar-refractivity contribution in [3.63, 3.8) is 0 Å². The quantitative estimate of drug-likeness (QED) is 0.658. The molecule has 2 fully saturated rings. The maximum Gasteiger partial charge on any atom is 0.0237 e. The minimum Gasteiger partial charge on any atom is -0.313 e. The van der Waals surface area contributed by atoms with Crippen LogP contribution in [0.3, 0.4) is 0 Å². The van der Waals surface area contributed by atoms with Crippen molar-refractivity contribution in [2.75, 3.05) is 19.6 Å². The van der Waals surface area contributed by atoms with E-state index in [9.17, 15) is 0 Å². The van der Waals surface area contributed by atoms with Gasteiger partial charge in [-0.05, 0) is 61.6 Å². The summed E-state index contributed by atoms with van der Waals surface area (Å²) in [6.45, 7) is 8.16. The lowest BCUT2D eigenvalue weighted by Crippen LogP contribution is -2.28. The van der Waals surface area contributed by atoms with E-state index in [-0.39, 0.29) is 0 Å². The topological polar surface area (TPSA) is 15.3 Å². The molecule has 0 spiro atoms. The molecule has 2 saturated carbocycles. The molecule has 3 rings (SSSR count). The largest absolute Gasteiger partial charge is 0.313 e. The van der Waals surface area contributed by atoms with E-state index in [2.05, 4.69) is 41.4 Å². The van der Waals surface area contributed by atoms with Gasteiger partial charge in [-0.25, -0.2) is 0 Å². The first-order chi connectivity index (χ1) is 10.3. The minimum absolute atomic E-state index is 0.995. The minimum atomic E-state index is 0.995. The van der Waals surface area contributed by atoms with Crippen molar-refractivity contribution in [1.82, 2.24) is 10.2 Å². The third kappa shape index (κ3) is 5.12. The van der Waals surface area contributed by atoms with Crippen LogP contribution in [0.25, 0.3) is 0 Å². The smallest absolute Gasteiger partial charge is 0.0237 e. The summed E-state index contributed by atoms with van der Waals surface area (Å²) in [5.74, 6) is 1.99. The van der Waals surface area contributed by atoms with Crippen LogP contribution >= 0.6 is 0 Å². The highest BCUT2D eigenvalue weighted by molar-refractivity contribution is 5.27. The van der Waals surface area contributed by atoms with E-state index >= 15 is 0 Å². The molecule has 0 aliphatic heterocycles. The Hall–Kier alpha value is -0.860. The summed E-state index contributed by atoms with van der Waals surface area (Å²) in [5.41, 5.74) is 3.02. The first-order valence-corrected chi connectivity index (χ1v) is 8.85. The molecule has 2 aliphatic rings. The fourth-order valence-electron chi connectivity index (χ4n) is 3.06. The molecule has 0 saturated heterocycles. The van der Waals surface area contributed by atoms with E-state index in [0.717, 1.165) is 31.5 Å². The monoisotopic (exact) mass is 286 g/mol. The molecule has 21 heavy (non-hydrogen) atoms. The summed E-state index contributed by atoms with van der Waals surface area (Å²) in [7, 11) is 0. The van der Waals surface area contributed by atoms with Crippen LogP contribution in [0.4, 0.5) is 0 Å². The van der Waals surface area contributed by atoms with Crippen LogP contribution < -0.4 is 5.32 Å².